The van der Waals surface area contributed by atoms with Crippen LogP contribution in [0.3, 0.4) is 0 Å². The van der Waals surface area contributed by atoms with E-state index in [4.69, 9.17) is 4.74 Å². The number of carbonyl (C=O) groups is 1. The Morgan fingerprint density at radius 2 is 2.29 bits per heavy atom. The second-order valence-electron chi connectivity index (χ2n) is 3.04. The summed E-state index contributed by atoms with van der Waals surface area (Å²) in [6.45, 7) is 2.55. The van der Waals surface area contributed by atoms with Gasteiger partial charge in [0.2, 0.25) is 0 Å². The monoisotopic (exact) mass is 210 g/mol. The second-order valence-corrected chi connectivity index (χ2v) is 3.56. The van der Waals surface area contributed by atoms with Gasteiger partial charge in [-0.3, -0.25) is 0 Å². The lowest BCUT2D eigenvalue weighted by Gasteiger charge is -2.03. The summed E-state index contributed by atoms with van der Waals surface area (Å²) < 4.78 is 5.05. The molecular formula is C11H14O2S. The molecule has 0 radical (unpaired) electrons. The Kier molecular flexibility index (Phi) is 4.53. The molecule has 1 aromatic carbocycles. The van der Waals surface area contributed by atoms with E-state index in [9.17, 15) is 4.79 Å². The van der Waals surface area contributed by atoms with Crippen LogP contribution in [0.4, 0.5) is 0 Å². The third-order valence-electron chi connectivity index (χ3n) is 1.81. The maximum Gasteiger partial charge on any atom is 0.338 e. The molecule has 0 N–H and O–H groups in total. The number of unbranched alkanes of at least 4 members (excludes halogenated alkanes) is 1. The van der Waals surface area contributed by atoms with E-state index < -0.39 is 0 Å². The van der Waals surface area contributed by atoms with Crippen molar-refractivity contribution in [3.05, 3.63) is 29.8 Å². The molecule has 0 heterocycles. The molecule has 1 aromatic rings. The molecule has 0 fully saturated rings. The maximum atomic E-state index is 11.4. The van der Waals surface area contributed by atoms with Gasteiger partial charge in [0.15, 0.2) is 0 Å². The number of benzene rings is 1. The third kappa shape index (κ3) is 3.42. The zero-order chi connectivity index (χ0) is 10.4. The predicted octanol–water partition coefficient (Wildman–Crippen LogP) is 2.93. The number of ether oxygens (including phenoxy) is 1. The van der Waals surface area contributed by atoms with Crippen LogP contribution in [0.15, 0.2) is 29.2 Å². The lowest BCUT2D eigenvalue weighted by Crippen LogP contribution is -2.06. The Morgan fingerprint density at radius 1 is 1.50 bits per heavy atom. The Hall–Kier alpha value is -0.960. The first kappa shape index (κ1) is 11.1. The number of hydrogen-bond donors (Lipinski definition) is 1. The molecule has 1 rings (SSSR count). The lowest BCUT2D eigenvalue weighted by atomic mass is 10.2. The average Bonchev–Trinajstić information content (AvgIpc) is 2.18. The fraction of sp³-hybridized carbons (Fsp3) is 0.364. The Balaban J connectivity index is 2.52. The first-order valence-corrected chi connectivity index (χ1v) is 5.15. The summed E-state index contributed by atoms with van der Waals surface area (Å²) in [5.41, 5.74) is 0.564. The fourth-order valence-corrected chi connectivity index (χ4v) is 1.25. The number of hydrogen-bond acceptors (Lipinski definition) is 3. The van der Waals surface area contributed by atoms with Gasteiger partial charge in [0.1, 0.15) is 0 Å². The summed E-state index contributed by atoms with van der Waals surface area (Å²) in [7, 11) is 0. The third-order valence-corrected chi connectivity index (χ3v) is 2.09. The molecule has 0 atom stereocenters. The molecule has 0 amide bonds. The number of rotatable bonds is 4. The first-order valence-electron chi connectivity index (χ1n) is 4.70. The smallest absolute Gasteiger partial charge is 0.338 e. The molecule has 76 valence electrons. The van der Waals surface area contributed by atoms with E-state index in [0.717, 1.165) is 17.7 Å². The minimum Gasteiger partial charge on any atom is -0.462 e. The van der Waals surface area contributed by atoms with Gasteiger partial charge in [-0.05, 0) is 24.6 Å². The average molecular weight is 210 g/mol. The van der Waals surface area contributed by atoms with Gasteiger partial charge in [0.05, 0.1) is 12.2 Å². The van der Waals surface area contributed by atoms with E-state index in [2.05, 4.69) is 19.6 Å². The van der Waals surface area contributed by atoms with E-state index in [1.807, 2.05) is 6.07 Å². The van der Waals surface area contributed by atoms with Crippen molar-refractivity contribution in [2.75, 3.05) is 6.61 Å². The van der Waals surface area contributed by atoms with Gasteiger partial charge in [-0.1, -0.05) is 19.4 Å². The fourth-order valence-electron chi connectivity index (χ4n) is 1.03. The van der Waals surface area contributed by atoms with Crippen LogP contribution in [0.5, 0.6) is 0 Å². The maximum absolute atomic E-state index is 11.4. The summed E-state index contributed by atoms with van der Waals surface area (Å²) in [5.74, 6) is -0.269. The highest BCUT2D eigenvalue weighted by molar-refractivity contribution is 7.80. The van der Waals surface area contributed by atoms with Crippen LogP contribution in [-0.2, 0) is 4.74 Å². The summed E-state index contributed by atoms with van der Waals surface area (Å²) in [5, 5.41) is 0. The second kappa shape index (κ2) is 5.70. The lowest BCUT2D eigenvalue weighted by molar-refractivity contribution is 0.0499. The quantitative estimate of drug-likeness (QED) is 0.470. The van der Waals surface area contributed by atoms with Crippen molar-refractivity contribution in [1.82, 2.24) is 0 Å². The molecule has 3 heteroatoms. The van der Waals surface area contributed by atoms with Crippen molar-refractivity contribution >= 4 is 18.6 Å². The summed E-state index contributed by atoms with van der Waals surface area (Å²) in [4.78, 5) is 12.2. The van der Waals surface area contributed by atoms with Crippen LogP contribution in [0.2, 0.25) is 0 Å². The molecule has 0 aliphatic carbocycles. The number of esters is 1. The largest absolute Gasteiger partial charge is 0.462 e. The van der Waals surface area contributed by atoms with Crippen LogP contribution in [0.25, 0.3) is 0 Å². The molecule has 0 saturated heterocycles. The van der Waals surface area contributed by atoms with Gasteiger partial charge >= 0.3 is 5.97 Å². The Labute approximate surface area is 89.7 Å². The Bertz CT molecular complexity index is 310. The zero-order valence-electron chi connectivity index (χ0n) is 8.19. The highest BCUT2D eigenvalue weighted by atomic mass is 32.1. The number of thiol groups is 1. The predicted molar refractivity (Wildman–Crippen MR) is 58.9 cm³/mol. The van der Waals surface area contributed by atoms with Gasteiger partial charge in [-0.2, -0.15) is 0 Å². The number of carbonyl (C=O) groups excluding carboxylic acids is 1. The van der Waals surface area contributed by atoms with E-state index in [1.165, 1.54) is 0 Å². The topological polar surface area (TPSA) is 26.3 Å². The van der Waals surface area contributed by atoms with Gasteiger partial charge in [0, 0.05) is 4.90 Å². The van der Waals surface area contributed by atoms with Crippen molar-refractivity contribution in [3.8, 4) is 0 Å². The van der Waals surface area contributed by atoms with Gasteiger partial charge in [-0.15, -0.1) is 12.6 Å². The van der Waals surface area contributed by atoms with Crippen molar-refractivity contribution < 1.29 is 9.53 Å². The molecule has 0 aromatic heterocycles. The van der Waals surface area contributed by atoms with Crippen LogP contribution < -0.4 is 0 Å². The van der Waals surface area contributed by atoms with Crippen LogP contribution >= 0.6 is 12.6 Å². The summed E-state index contributed by atoms with van der Waals surface area (Å²) in [6.07, 6.45) is 1.94. The standard InChI is InChI=1S/C11H14O2S/c1-2-3-7-13-11(12)9-5-4-6-10(14)8-9/h4-6,8,14H,2-3,7H2,1H3. The van der Waals surface area contributed by atoms with Crippen LogP contribution in [0.1, 0.15) is 30.1 Å². The SMILES string of the molecule is CCCCOC(=O)c1cccc(S)c1. The van der Waals surface area contributed by atoms with Crippen molar-refractivity contribution in [2.45, 2.75) is 24.7 Å². The normalized spacial score (nSPS) is 9.86. The molecular weight excluding hydrogens is 196 g/mol. The van der Waals surface area contributed by atoms with Crippen molar-refractivity contribution in [3.63, 3.8) is 0 Å². The van der Waals surface area contributed by atoms with Crippen molar-refractivity contribution in [2.24, 2.45) is 0 Å². The Morgan fingerprint density at radius 3 is 2.93 bits per heavy atom. The highest BCUT2D eigenvalue weighted by Crippen LogP contribution is 2.10. The molecule has 0 unspecified atom stereocenters. The van der Waals surface area contributed by atoms with E-state index >= 15 is 0 Å². The zero-order valence-corrected chi connectivity index (χ0v) is 9.09. The van der Waals surface area contributed by atoms with Crippen LogP contribution in [0, 0.1) is 0 Å². The van der Waals surface area contributed by atoms with Crippen LogP contribution in [-0.4, -0.2) is 12.6 Å². The van der Waals surface area contributed by atoms with Gasteiger partial charge < -0.3 is 4.74 Å². The van der Waals surface area contributed by atoms with E-state index in [1.54, 1.807) is 18.2 Å². The van der Waals surface area contributed by atoms with Crippen molar-refractivity contribution in [1.29, 1.82) is 0 Å². The van der Waals surface area contributed by atoms with Gasteiger partial charge in [-0.25, -0.2) is 4.79 Å². The van der Waals surface area contributed by atoms with Gasteiger partial charge in [0.25, 0.3) is 0 Å². The molecule has 0 aliphatic heterocycles. The minimum atomic E-state index is -0.269. The molecule has 14 heavy (non-hydrogen) atoms. The molecule has 0 bridgehead atoms. The van der Waals surface area contributed by atoms with E-state index in [0.29, 0.717) is 12.2 Å². The molecule has 0 spiro atoms. The highest BCUT2D eigenvalue weighted by Gasteiger charge is 2.05. The van der Waals surface area contributed by atoms with E-state index in [-0.39, 0.29) is 5.97 Å². The first-order chi connectivity index (χ1) is 6.74. The minimum absolute atomic E-state index is 0.269. The molecule has 0 aliphatic rings. The molecule has 0 saturated carbocycles. The summed E-state index contributed by atoms with van der Waals surface area (Å²) in [6, 6.07) is 7.05. The molecule has 2 nitrogen and oxygen atoms in total. The summed E-state index contributed by atoms with van der Waals surface area (Å²) >= 11 is 4.15.